The topological polar surface area (TPSA) is 28.2 Å². The average Bonchev–Trinajstić information content (AvgIpc) is 2.51. The van der Waals surface area contributed by atoms with Crippen LogP contribution in [0.2, 0.25) is 0 Å². The van der Waals surface area contributed by atoms with E-state index in [2.05, 4.69) is 34.3 Å². The average molecular weight is 287 g/mol. The highest BCUT2D eigenvalue weighted by molar-refractivity contribution is 5.62. The zero-order valence-electron chi connectivity index (χ0n) is 12.6. The van der Waals surface area contributed by atoms with Crippen molar-refractivity contribution < 1.29 is 4.39 Å². The van der Waals surface area contributed by atoms with Crippen molar-refractivity contribution >= 4 is 11.5 Å². The van der Waals surface area contributed by atoms with E-state index in [9.17, 15) is 4.39 Å². The minimum Gasteiger partial charge on any atom is -0.326 e. The van der Waals surface area contributed by atoms with Crippen LogP contribution in [0.3, 0.4) is 0 Å². The van der Waals surface area contributed by atoms with E-state index >= 15 is 0 Å². The van der Waals surface area contributed by atoms with Crippen molar-refractivity contribution in [2.75, 3.05) is 18.5 Å². The molecule has 0 unspecified atom stereocenters. The number of nitrogens with zero attached hydrogens (tertiary/aromatic N) is 2. The lowest BCUT2D eigenvalue weighted by Crippen LogP contribution is -2.22. The van der Waals surface area contributed by atoms with Gasteiger partial charge in [-0.2, -0.15) is 0 Å². The second-order valence-electron chi connectivity index (χ2n) is 5.01. The van der Waals surface area contributed by atoms with Gasteiger partial charge >= 0.3 is 0 Å². The number of hydrogen-bond donors (Lipinski definition) is 1. The van der Waals surface area contributed by atoms with Gasteiger partial charge < -0.3 is 10.2 Å². The summed E-state index contributed by atoms with van der Waals surface area (Å²) in [6.07, 6.45) is 3.45. The number of para-hydroxylation sites is 1. The van der Waals surface area contributed by atoms with Crippen LogP contribution in [-0.2, 0) is 6.54 Å². The monoisotopic (exact) mass is 287 g/mol. The smallest absolute Gasteiger partial charge is 0.141 e. The van der Waals surface area contributed by atoms with Crippen LogP contribution in [-0.4, -0.2) is 18.6 Å². The molecule has 0 atom stereocenters. The predicted octanol–water partition coefficient (Wildman–Crippen LogP) is 3.88. The summed E-state index contributed by atoms with van der Waals surface area (Å²) in [5.41, 5.74) is 1.96. The Morgan fingerprint density at radius 2 is 2.00 bits per heavy atom. The first-order chi connectivity index (χ1) is 10.3. The fraction of sp³-hybridized carbons (Fsp3) is 0.353. The van der Waals surface area contributed by atoms with E-state index in [1.165, 1.54) is 6.20 Å². The molecule has 0 aliphatic rings. The molecular weight excluding hydrogens is 265 g/mol. The Morgan fingerprint density at radius 3 is 2.67 bits per heavy atom. The van der Waals surface area contributed by atoms with Crippen LogP contribution in [0.4, 0.5) is 15.9 Å². The van der Waals surface area contributed by atoms with Crippen LogP contribution >= 0.6 is 0 Å². The second kappa shape index (κ2) is 7.74. The van der Waals surface area contributed by atoms with E-state index < -0.39 is 0 Å². The number of unbranched alkanes of at least 4 members (excludes halogenated alkanes) is 1. The SMILES string of the molecule is CCCCN(c1ccccc1)c1ncc(F)cc1CNC. The molecular formula is C17H22FN3. The lowest BCUT2D eigenvalue weighted by molar-refractivity contribution is 0.615. The molecule has 0 bridgehead atoms. The van der Waals surface area contributed by atoms with Crippen molar-refractivity contribution in [1.82, 2.24) is 10.3 Å². The van der Waals surface area contributed by atoms with E-state index in [0.29, 0.717) is 6.54 Å². The largest absolute Gasteiger partial charge is 0.326 e. The highest BCUT2D eigenvalue weighted by Crippen LogP contribution is 2.27. The highest BCUT2D eigenvalue weighted by atomic mass is 19.1. The molecule has 1 aromatic carbocycles. The van der Waals surface area contributed by atoms with Crippen molar-refractivity contribution in [3.8, 4) is 0 Å². The molecule has 0 aliphatic heterocycles. The molecule has 2 aromatic rings. The molecule has 21 heavy (non-hydrogen) atoms. The molecule has 0 aliphatic carbocycles. The molecule has 112 valence electrons. The Kier molecular flexibility index (Phi) is 5.69. The molecule has 0 saturated heterocycles. The number of hydrogen-bond acceptors (Lipinski definition) is 3. The van der Waals surface area contributed by atoms with E-state index in [1.54, 1.807) is 6.07 Å². The molecule has 1 N–H and O–H groups in total. The quantitative estimate of drug-likeness (QED) is 0.837. The summed E-state index contributed by atoms with van der Waals surface area (Å²) < 4.78 is 13.5. The van der Waals surface area contributed by atoms with Crippen molar-refractivity contribution in [3.05, 3.63) is 54.0 Å². The lowest BCUT2D eigenvalue weighted by Gasteiger charge is -2.26. The first-order valence-corrected chi connectivity index (χ1v) is 7.38. The molecule has 0 amide bonds. The summed E-state index contributed by atoms with van der Waals surface area (Å²) in [6.45, 7) is 3.63. The maximum absolute atomic E-state index is 13.5. The summed E-state index contributed by atoms with van der Waals surface area (Å²) in [5, 5.41) is 3.08. The molecule has 4 heteroatoms. The molecule has 0 spiro atoms. The first kappa shape index (κ1) is 15.4. The zero-order valence-corrected chi connectivity index (χ0v) is 12.6. The fourth-order valence-electron chi connectivity index (χ4n) is 2.32. The maximum atomic E-state index is 13.5. The number of rotatable bonds is 7. The van der Waals surface area contributed by atoms with Gasteiger partial charge in [-0.05, 0) is 31.7 Å². The highest BCUT2D eigenvalue weighted by Gasteiger charge is 2.15. The lowest BCUT2D eigenvalue weighted by atomic mass is 10.2. The first-order valence-electron chi connectivity index (χ1n) is 7.38. The molecule has 1 aromatic heterocycles. The van der Waals surface area contributed by atoms with Gasteiger partial charge in [0.25, 0.3) is 0 Å². The van der Waals surface area contributed by atoms with Gasteiger partial charge in [-0.25, -0.2) is 9.37 Å². The summed E-state index contributed by atoms with van der Waals surface area (Å²) in [6, 6.07) is 11.7. The Morgan fingerprint density at radius 1 is 1.24 bits per heavy atom. The van der Waals surface area contributed by atoms with E-state index in [1.807, 2.05) is 25.2 Å². The second-order valence-corrected chi connectivity index (χ2v) is 5.01. The Bertz CT molecular complexity index is 557. The molecule has 0 fully saturated rings. The normalized spacial score (nSPS) is 10.6. The number of halogens is 1. The maximum Gasteiger partial charge on any atom is 0.141 e. The summed E-state index contributed by atoms with van der Waals surface area (Å²) in [4.78, 5) is 6.50. The minimum absolute atomic E-state index is 0.299. The minimum atomic E-state index is -0.299. The van der Waals surface area contributed by atoms with Crippen molar-refractivity contribution in [1.29, 1.82) is 0 Å². The number of nitrogens with one attached hydrogen (secondary N) is 1. The third-order valence-corrected chi connectivity index (χ3v) is 3.34. The molecule has 0 radical (unpaired) electrons. The van der Waals surface area contributed by atoms with Gasteiger partial charge in [-0.3, -0.25) is 0 Å². The van der Waals surface area contributed by atoms with E-state index in [-0.39, 0.29) is 5.82 Å². The van der Waals surface area contributed by atoms with Crippen LogP contribution in [0.25, 0.3) is 0 Å². The van der Waals surface area contributed by atoms with E-state index in [0.717, 1.165) is 36.5 Å². The van der Waals surface area contributed by atoms with Gasteiger partial charge in [0.05, 0.1) is 6.20 Å². The molecule has 2 rings (SSSR count). The number of pyridine rings is 1. The van der Waals surface area contributed by atoms with Gasteiger partial charge in [0.15, 0.2) is 0 Å². The van der Waals surface area contributed by atoms with Gasteiger partial charge in [-0.1, -0.05) is 31.5 Å². The third kappa shape index (κ3) is 4.02. The number of aromatic nitrogens is 1. The van der Waals surface area contributed by atoms with Gasteiger partial charge in [0.1, 0.15) is 11.6 Å². The van der Waals surface area contributed by atoms with Crippen LogP contribution in [0, 0.1) is 5.82 Å². The number of benzene rings is 1. The van der Waals surface area contributed by atoms with Crippen molar-refractivity contribution in [3.63, 3.8) is 0 Å². The van der Waals surface area contributed by atoms with Gasteiger partial charge in [0.2, 0.25) is 0 Å². The Balaban J connectivity index is 2.41. The van der Waals surface area contributed by atoms with Crippen LogP contribution in [0.1, 0.15) is 25.3 Å². The molecule has 3 nitrogen and oxygen atoms in total. The zero-order chi connectivity index (χ0) is 15.1. The van der Waals surface area contributed by atoms with E-state index in [4.69, 9.17) is 0 Å². The molecule has 0 saturated carbocycles. The van der Waals surface area contributed by atoms with Crippen LogP contribution in [0.5, 0.6) is 0 Å². The summed E-state index contributed by atoms with van der Waals surface area (Å²) in [5.74, 6) is 0.526. The molecule has 1 heterocycles. The Labute approximate surface area is 125 Å². The van der Waals surface area contributed by atoms with Crippen LogP contribution < -0.4 is 10.2 Å². The van der Waals surface area contributed by atoms with Gasteiger partial charge in [-0.15, -0.1) is 0 Å². The van der Waals surface area contributed by atoms with Crippen molar-refractivity contribution in [2.45, 2.75) is 26.3 Å². The Hall–Kier alpha value is -1.94. The predicted molar refractivity (Wildman–Crippen MR) is 85.3 cm³/mol. The fourth-order valence-corrected chi connectivity index (χ4v) is 2.32. The van der Waals surface area contributed by atoms with Crippen LogP contribution in [0.15, 0.2) is 42.6 Å². The standard InChI is InChI=1S/C17H22FN3/c1-3-4-10-21(16-8-6-5-7-9-16)17-14(12-19-2)11-15(18)13-20-17/h5-9,11,13,19H,3-4,10,12H2,1-2H3. The summed E-state index contributed by atoms with van der Waals surface area (Å²) in [7, 11) is 1.85. The van der Waals surface area contributed by atoms with Gasteiger partial charge in [0, 0.05) is 24.3 Å². The van der Waals surface area contributed by atoms with Crippen molar-refractivity contribution in [2.24, 2.45) is 0 Å². The number of anilines is 2. The third-order valence-electron chi connectivity index (χ3n) is 3.34. The summed E-state index contributed by atoms with van der Waals surface area (Å²) >= 11 is 0.